The third-order valence-electron chi connectivity index (χ3n) is 1.79. The first-order valence-electron chi connectivity index (χ1n) is 4.46. The molecule has 0 aromatic carbocycles. The third kappa shape index (κ3) is 5.98. The molecular weight excluding hydrogens is 182 g/mol. The molecule has 0 spiro atoms. The zero-order chi connectivity index (χ0) is 10.3. The Kier molecular flexibility index (Phi) is 6.23. The van der Waals surface area contributed by atoms with E-state index >= 15 is 0 Å². The summed E-state index contributed by atoms with van der Waals surface area (Å²) in [5, 5.41) is 12.9. The molecule has 0 aliphatic carbocycles. The molecule has 13 heavy (non-hydrogen) atoms. The maximum atomic E-state index is 9.80. The van der Waals surface area contributed by atoms with Crippen LogP contribution < -0.4 is 5.32 Å². The average molecular weight is 201 g/mol. The Labute approximate surface area is 85.5 Å². The molecule has 0 fully saturated rings. The predicted molar refractivity (Wildman–Crippen MR) is 59.9 cm³/mol. The highest BCUT2D eigenvalue weighted by Crippen LogP contribution is 2.09. The molecule has 0 saturated carbocycles. The maximum Gasteiger partial charge on any atom is 0.0833 e. The third-order valence-corrected chi connectivity index (χ3v) is 2.70. The van der Waals surface area contributed by atoms with Crippen molar-refractivity contribution in [2.24, 2.45) is 0 Å². The summed E-state index contributed by atoms with van der Waals surface area (Å²) in [5.41, 5.74) is -0.663. The molecule has 0 saturated heterocycles. The Morgan fingerprint density at radius 2 is 2.31 bits per heavy atom. The lowest BCUT2D eigenvalue weighted by atomic mass is 10.1. The van der Waals surface area contributed by atoms with Crippen molar-refractivity contribution < 1.29 is 5.11 Å². The molecule has 0 amide bonds. The molecule has 3 heteroatoms. The minimum absolute atomic E-state index is 0.0772. The minimum atomic E-state index is -0.663. The van der Waals surface area contributed by atoms with Gasteiger partial charge in [0.25, 0.3) is 0 Å². The van der Waals surface area contributed by atoms with Gasteiger partial charge >= 0.3 is 0 Å². The van der Waals surface area contributed by atoms with Crippen molar-refractivity contribution in [1.29, 1.82) is 0 Å². The van der Waals surface area contributed by atoms with Crippen LogP contribution in [0.4, 0.5) is 0 Å². The monoisotopic (exact) mass is 201 g/mol. The van der Waals surface area contributed by atoms with E-state index in [9.17, 15) is 5.11 Å². The summed E-state index contributed by atoms with van der Waals surface area (Å²) in [7, 11) is 0. The number of terminal acetylenes is 1. The van der Waals surface area contributed by atoms with Crippen LogP contribution in [0, 0.1) is 12.3 Å². The molecular formula is C10H19NOS. The number of thioether (sulfide) groups is 1. The van der Waals surface area contributed by atoms with Crippen LogP contribution >= 0.6 is 11.8 Å². The lowest BCUT2D eigenvalue weighted by Crippen LogP contribution is -2.43. The SMILES string of the molecule is C#CC(CC)NCC(C)(O)CSC. The van der Waals surface area contributed by atoms with E-state index in [1.165, 1.54) is 0 Å². The topological polar surface area (TPSA) is 32.3 Å². The Morgan fingerprint density at radius 1 is 1.69 bits per heavy atom. The molecule has 0 aromatic heterocycles. The van der Waals surface area contributed by atoms with Gasteiger partial charge in [-0.1, -0.05) is 12.8 Å². The highest BCUT2D eigenvalue weighted by molar-refractivity contribution is 7.98. The van der Waals surface area contributed by atoms with Gasteiger partial charge in [-0.25, -0.2) is 0 Å². The molecule has 0 aromatic rings. The van der Waals surface area contributed by atoms with Gasteiger partial charge in [-0.05, 0) is 19.6 Å². The Morgan fingerprint density at radius 3 is 2.69 bits per heavy atom. The smallest absolute Gasteiger partial charge is 0.0833 e. The van der Waals surface area contributed by atoms with E-state index in [0.29, 0.717) is 6.54 Å². The largest absolute Gasteiger partial charge is 0.388 e. The van der Waals surface area contributed by atoms with Crippen molar-refractivity contribution in [2.75, 3.05) is 18.6 Å². The van der Waals surface area contributed by atoms with Crippen LogP contribution in [0.1, 0.15) is 20.3 Å². The van der Waals surface area contributed by atoms with E-state index in [-0.39, 0.29) is 6.04 Å². The van der Waals surface area contributed by atoms with Crippen LogP contribution in [0.5, 0.6) is 0 Å². The summed E-state index contributed by atoms with van der Waals surface area (Å²) in [5.74, 6) is 3.36. The van der Waals surface area contributed by atoms with Crippen LogP contribution in [0.25, 0.3) is 0 Å². The molecule has 2 atom stereocenters. The second-order valence-corrected chi connectivity index (χ2v) is 4.30. The zero-order valence-corrected chi connectivity index (χ0v) is 9.45. The standard InChI is InChI=1S/C10H19NOS/c1-5-9(6-2)11-7-10(3,12)8-13-4/h1,9,11-12H,6-8H2,2-4H3. The van der Waals surface area contributed by atoms with E-state index in [1.807, 2.05) is 20.1 Å². The van der Waals surface area contributed by atoms with Crippen LogP contribution in [0.15, 0.2) is 0 Å². The first-order chi connectivity index (χ1) is 6.05. The first kappa shape index (κ1) is 12.8. The molecule has 76 valence electrons. The number of aliphatic hydroxyl groups is 1. The highest BCUT2D eigenvalue weighted by Gasteiger charge is 2.19. The fourth-order valence-electron chi connectivity index (χ4n) is 1.03. The minimum Gasteiger partial charge on any atom is -0.388 e. The summed E-state index contributed by atoms with van der Waals surface area (Å²) in [6, 6.07) is 0.0772. The van der Waals surface area contributed by atoms with Gasteiger partial charge in [0, 0.05) is 12.3 Å². The summed E-state index contributed by atoms with van der Waals surface area (Å²) in [6.07, 6.45) is 8.16. The van der Waals surface area contributed by atoms with Crippen molar-refractivity contribution in [1.82, 2.24) is 5.32 Å². The van der Waals surface area contributed by atoms with E-state index in [4.69, 9.17) is 6.42 Å². The second-order valence-electron chi connectivity index (χ2n) is 3.44. The van der Waals surface area contributed by atoms with Crippen molar-refractivity contribution in [3.8, 4) is 12.3 Å². The lowest BCUT2D eigenvalue weighted by molar-refractivity contribution is 0.0832. The van der Waals surface area contributed by atoms with Gasteiger partial charge in [-0.2, -0.15) is 11.8 Å². The summed E-state index contributed by atoms with van der Waals surface area (Å²) < 4.78 is 0. The van der Waals surface area contributed by atoms with E-state index in [2.05, 4.69) is 11.2 Å². The molecule has 0 aliphatic heterocycles. The molecule has 0 bridgehead atoms. The van der Waals surface area contributed by atoms with Crippen LogP contribution in [-0.2, 0) is 0 Å². The molecule has 0 rings (SSSR count). The number of hydrogen-bond acceptors (Lipinski definition) is 3. The van der Waals surface area contributed by atoms with Crippen LogP contribution in [0.2, 0.25) is 0 Å². The normalized spacial score (nSPS) is 17.5. The van der Waals surface area contributed by atoms with Crippen molar-refractivity contribution in [2.45, 2.75) is 31.9 Å². The maximum absolute atomic E-state index is 9.80. The van der Waals surface area contributed by atoms with Gasteiger partial charge in [0.1, 0.15) is 0 Å². The number of rotatable bonds is 6. The van der Waals surface area contributed by atoms with Gasteiger partial charge in [0.05, 0.1) is 11.6 Å². The predicted octanol–water partition coefficient (Wildman–Crippen LogP) is 1.10. The average Bonchev–Trinajstić information content (AvgIpc) is 2.06. The first-order valence-corrected chi connectivity index (χ1v) is 5.86. The Balaban J connectivity index is 3.80. The molecule has 0 aliphatic rings. The molecule has 2 unspecified atom stereocenters. The van der Waals surface area contributed by atoms with Gasteiger partial charge in [0.15, 0.2) is 0 Å². The lowest BCUT2D eigenvalue weighted by Gasteiger charge is -2.24. The summed E-state index contributed by atoms with van der Waals surface area (Å²) in [6.45, 7) is 4.40. The Hall–Kier alpha value is -0.170. The highest BCUT2D eigenvalue weighted by atomic mass is 32.2. The van der Waals surface area contributed by atoms with Crippen LogP contribution in [0.3, 0.4) is 0 Å². The zero-order valence-electron chi connectivity index (χ0n) is 8.63. The van der Waals surface area contributed by atoms with Gasteiger partial charge in [-0.3, -0.25) is 0 Å². The van der Waals surface area contributed by atoms with Crippen molar-refractivity contribution in [3.63, 3.8) is 0 Å². The van der Waals surface area contributed by atoms with Gasteiger partial charge in [0.2, 0.25) is 0 Å². The molecule has 0 heterocycles. The summed E-state index contributed by atoms with van der Waals surface area (Å²) in [4.78, 5) is 0. The fourth-order valence-corrected chi connectivity index (χ4v) is 1.75. The van der Waals surface area contributed by atoms with E-state index in [0.717, 1.165) is 12.2 Å². The van der Waals surface area contributed by atoms with Crippen molar-refractivity contribution >= 4 is 11.8 Å². The van der Waals surface area contributed by atoms with Crippen LogP contribution in [-0.4, -0.2) is 35.3 Å². The molecule has 2 nitrogen and oxygen atoms in total. The fraction of sp³-hybridized carbons (Fsp3) is 0.800. The van der Waals surface area contributed by atoms with Gasteiger partial charge < -0.3 is 10.4 Å². The van der Waals surface area contributed by atoms with E-state index < -0.39 is 5.60 Å². The Bertz CT molecular complexity index is 174. The summed E-state index contributed by atoms with van der Waals surface area (Å²) >= 11 is 1.63. The molecule has 2 N–H and O–H groups in total. The number of hydrogen-bond donors (Lipinski definition) is 2. The quantitative estimate of drug-likeness (QED) is 0.631. The second kappa shape index (κ2) is 6.31. The molecule has 0 radical (unpaired) electrons. The van der Waals surface area contributed by atoms with Crippen molar-refractivity contribution in [3.05, 3.63) is 0 Å². The van der Waals surface area contributed by atoms with Gasteiger partial charge in [-0.15, -0.1) is 6.42 Å². The van der Waals surface area contributed by atoms with E-state index in [1.54, 1.807) is 11.8 Å². The number of nitrogens with one attached hydrogen (secondary N) is 1.